The summed E-state index contributed by atoms with van der Waals surface area (Å²) in [6, 6.07) is 0.329. The summed E-state index contributed by atoms with van der Waals surface area (Å²) >= 11 is 0. The van der Waals surface area contributed by atoms with Crippen molar-refractivity contribution in [1.29, 1.82) is 0 Å². The van der Waals surface area contributed by atoms with Gasteiger partial charge < -0.3 is 19.7 Å². The van der Waals surface area contributed by atoms with Crippen LogP contribution in [0.2, 0.25) is 0 Å². The van der Waals surface area contributed by atoms with Crippen LogP contribution in [0, 0.1) is 0 Å². The van der Waals surface area contributed by atoms with E-state index in [4.69, 9.17) is 9.47 Å². The molecule has 0 amide bonds. The summed E-state index contributed by atoms with van der Waals surface area (Å²) in [6.07, 6.45) is 0.190. The van der Waals surface area contributed by atoms with Gasteiger partial charge in [-0.1, -0.05) is 0 Å². The Morgan fingerprint density at radius 1 is 1.05 bits per heavy atom. The number of anilines is 2. The summed E-state index contributed by atoms with van der Waals surface area (Å²) in [5.41, 5.74) is 0. The van der Waals surface area contributed by atoms with Crippen molar-refractivity contribution in [3.63, 3.8) is 0 Å². The second-order valence-corrected chi connectivity index (χ2v) is 4.71. The Kier molecular flexibility index (Phi) is 7.74. The van der Waals surface area contributed by atoms with Gasteiger partial charge in [0.05, 0.1) is 12.7 Å². The topological polar surface area (TPSA) is 72.4 Å². The maximum atomic E-state index is 5.57. The highest BCUT2D eigenvalue weighted by Gasteiger charge is 2.11. The molecule has 1 aromatic heterocycles. The smallest absolute Gasteiger partial charge is 0.323 e. The Morgan fingerprint density at radius 3 is 2.33 bits per heavy atom. The van der Waals surface area contributed by atoms with Crippen molar-refractivity contribution in [3.8, 4) is 6.01 Å². The van der Waals surface area contributed by atoms with E-state index < -0.39 is 0 Å². The zero-order chi connectivity index (χ0) is 15.7. The van der Waals surface area contributed by atoms with Crippen molar-refractivity contribution in [2.75, 3.05) is 43.1 Å². The zero-order valence-corrected chi connectivity index (χ0v) is 13.7. The Bertz CT molecular complexity index is 410. The van der Waals surface area contributed by atoms with E-state index >= 15 is 0 Å². The molecule has 1 N–H and O–H groups in total. The molecule has 21 heavy (non-hydrogen) atoms. The van der Waals surface area contributed by atoms with Crippen LogP contribution in [0.25, 0.3) is 0 Å². The monoisotopic (exact) mass is 297 g/mol. The summed E-state index contributed by atoms with van der Waals surface area (Å²) in [6.45, 7) is 13.5. The van der Waals surface area contributed by atoms with E-state index in [9.17, 15) is 0 Å². The predicted molar refractivity (Wildman–Crippen MR) is 84.1 cm³/mol. The molecule has 0 atom stereocenters. The van der Waals surface area contributed by atoms with Crippen molar-refractivity contribution in [2.24, 2.45) is 0 Å². The maximum Gasteiger partial charge on any atom is 0.323 e. The lowest BCUT2D eigenvalue weighted by atomic mass is 10.5. The van der Waals surface area contributed by atoms with Gasteiger partial charge in [-0.05, 0) is 34.6 Å². The molecule has 0 aliphatic carbocycles. The maximum absolute atomic E-state index is 5.57. The van der Waals surface area contributed by atoms with Crippen LogP contribution in [0.15, 0.2) is 0 Å². The lowest BCUT2D eigenvalue weighted by molar-refractivity contribution is 0.0531. The second-order valence-electron chi connectivity index (χ2n) is 4.71. The lowest BCUT2D eigenvalue weighted by Gasteiger charge is -2.19. The first-order valence-electron chi connectivity index (χ1n) is 7.59. The van der Waals surface area contributed by atoms with Crippen LogP contribution < -0.4 is 15.0 Å². The highest BCUT2D eigenvalue weighted by molar-refractivity contribution is 5.38. The molecule has 0 aromatic carbocycles. The van der Waals surface area contributed by atoms with Gasteiger partial charge in [-0.15, -0.1) is 0 Å². The van der Waals surface area contributed by atoms with Gasteiger partial charge >= 0.3 is 6.01 Å². The van der Waals surface area contributed by atoms with Crippen LogP contribution >= 0.6 is 0 Å². The van der Waals surface area contributed by atoms with Crippen molar-refractivity contribution in [3.05, 3.63) is 0 Å². The van der Waals surface area contributed by atoms with Crippen molar-refractivity contribution in [1.82, 2.24) is 15.0 Å². The molecular weight excluding hydrogens is 270 g/mol. The Balaban J connectivity index is 2.76. The number of hydrogen-bond donors (Lipinski definition) is 1. The Hall–Kier alpha value is -1.63. The van der Waals surface area contributed by atoms with Gasteiger partial charge in [0, 0.05) is 19.6 Å². The second kappa shape index (κ2) is 9.33. The van der Waals surface area contributed by atoms with Crippen LogP contribution in [0.1, 0.15) is 34.6 Å². The molecule has 1 aromatic rings. The molecule has 1 rings (SSSR count). The molecular formula is C14H27N5O2. The van der Waals surface area contributed by atoms with Crippen molar-refractivity contribution < 1.29 is 9.47 Å². The van der Waals surface area contributed by atoms with E-state index in [1.54, 1.807) is 0 Å². The fourth-order valence-corrected chi connectivity index (χ4v) is 1.71. The number of rotatable bonds is 10. The fraction of sp³-hybridized carbons (Fsp3) is 0.786. The molecule has 120 valence electrons. The summed E-state index contributed by atoms with van der Waals surface area (Å²) in [5.74, 6) is 1.17. The Morgan fingerprint density at radius 2 is 1.76 bits per heavy atom. The van der Waals surface area contributed by atoms with Gasteiger partial charge in [0.1, 0.15) is 6.61 Å². The molecule has 0 spiro atoms. The third kappa shape index (κ3) is 6.12. The summed E-state index contributed by atoms with van der Waals surface area (Å²) in [7, 11) is 0. The molecule has 0 aliphatic heterocycles. The molecule has 0 saturated heterocycles. The molecule has 7 nitrogen and oxygen atoms in total. The first-order chi connectivity index (χ1) is 10.1. The van der Waals surface area contributed by atoms with Crippen LogP contribution in [-0.2, 0) is 4.74 Å². The SMILES string of the molecule is CCNc1nc(OCCOC(C)C)nc(N(CC)CC)n1. The molecule has 0 aliphatic rings. The molecule has 0 saturated carbocycles. The fourth-order valence-electron chi connectivity index (χ4n) is 1.71. The molecule has 0 unspecified atom stereocenters. The minimum absolute atomic E-state index is 0.190. The van der Waals surface area contributed by atoms with Crippen LogP contribution in [0.5, 0.6) is 6.01 Å². The molecule has 0 bridgehead atoms. The van der Waals surface area contributed by atoms with Gasteiger partial charge in [0.2, 0.25) is 11.9 Å². The van der Waals surface area contributed by atoms with Gasteiger partial charge in [-0.3, -0.25) is 0 Å². The number of ether oxygens (including phenoxy) is 2. The minimum atomic E-state index is 0.190. The van der Waals surface area contributed by atoms with Crippen LogP contribution in [0.3, 0.4) is 0 Å². The molecule has 1 heterocycles. The average Bonchev–Trinajstić information content (AvgIpc) is 2.45. The van der Waals surface area contributed by atoms with E-state index in [1.165, 1.54) is 0 Å². The van der Waals surface area contributed by atoms with Gasteiger partial charge in [0.15, 0.2) is 0 Å². The quantitative estimate of drug-likeness (QED) is 0.662. The van der Waals surface area contributed by atoms with Gasteiger partial charge in [-0.25, -0.2) is 0 Å². The third-order valence-corrected chi connectivity index (χ3v) is 2.75. The van der Waals surface area contributed by atoms with Crippen molar-refractivity contribution >= 4 is 11.9 Å². The van der Waals surface area contributed by atoms with Gasteiger partial charge in [0.25, 0.3) is 0 Å². The number of nitrogens with zero attached hydrogens (tertiary/aromatic N) is 4. The summed E-state index contributed by atoms with van der Waals surface area (Å²) in [5, 5.41) is 3.10. The first kappa shape index (κ1) is 17.4. The van der Waals surface area contributed by atoms with E-state index in [0.717, 1.165) is 19.6 Å². The van der Waals surface area contributed by atoms with E-state index in [-0.39, 0.29) is 6.10 Å². The highest BCUT2D eigenvalue weighted by Crippen LogP contribution is 2.14. The zero-order valence-electron chi connectivity index (χ0n) is 13.7. The third-order valence-electron chi connectivity index (χ3n) is 2.75. The predicted octanol–water partition coefficient (Wildman–Crippen LogP) is 1.95. The number of nitrogens with one attached hydrogen (secondary N) is 1. The lowest BCUT2D eigenvalue weighted by Crippen LogP contribution is -2.25. The molecule has 0 fully saturated rings. The highest BCUT2D eigenvalue weighted by atomic mass is 16.5. The summed E-state index contributed by atoms with van der Waals surface area (Å²) in [4.78, 5) is 15.1. The summed E-state index contributed by atoms with van der Waals surface area (Å²) < 4.78 is 11.0. The van der Waals surface area contributed by atoms with Crippen LogP contribution in [0.4, 0.5) is 11.9 Å². The van der Waals surface area contributed by atoms with E-state index in [0.29, 0.717) is 31.1 Å². The largest absolute Gasteiger partial charge is 0.461 e. The van der Waals surface area contributed by atoms with E-state index in [2.05, 4.69) is 39.0 Å². The van der Waals surface area contributed by atoms with Crippen molar-refractivity contribution in [2.45, 2.75) is 40.7 Å². The van der Waals surface area contributed by atoms with Crippen LogP contribution in [-0.4, -0.2) is 53.9 Å². The molecule has 0 radical (unpaired) electrons. The minimum Gasteiger partial charge on any atom is -0.461 e. The number of aromatic nitrogens is 3. The molecule has 7 heteroatoms. The Labute approximate surface area is 127 Å². The normalized spacial score (nSPS) is 10.8. The average molecular weight is 297 g/mol. The number of hydrogen-bond acceptors (Lipinski definition) is 7. The van der Waals surface area contributed by atoms with E-state index in [1.807, 2.05) is 20.8 Å². The standard InChI is InChI=1S/C14H27N5O2/c1-6-15-12-16-13(19(7-2)8-3)18-14(17-12)21-10-9-20-11(4)5/h11H,6-10H2,1-5H3,(H,15,16,17,18). The first-order valence-corrected chi connectivity index (χ1v) is 7.59. The van der Waals surface area contributed by atoms with Gasteiger partial charge in [-0.2, -0.15) is 15.0 Å².